The number of hydrogen-bond donors (Lipinski definition) is 0. The summed E-state index contributed by atoms with van der Waals surface area (Å²) < 4.78 is 7.14. The van der Waals surface area contributed by atoms with Crippen LogP contribution in [0.3, 0.4) is 0 Å². The molecule has 3 rings (SSSR count). The molecule has 0 N–H and O–H groups in total. The van der Waals surface area contributed by atoms with E-state index >= 15 is 0 Å². The van der Waals surface area contributed by atoms with Crippen molar-refractivity contribution in [2.45, 2.75) is 13.8 Å². The molecule has 0 radical (unpaired) electrons. The van der Waals surface area contributed by atoms with E-state index in [-0.39, 0.29) is 5.91 Å². The van der Waals surface area contributed by atoms with E-state index in [0.29, 0.717) is 37.6 Å². The average Bonchev–Trinajstić information content (AvgIpc) is 3.01. The second-order valence-electron chi connectivity index (χ2n) is 5.75. The number of nitrogens with zero attached hydrogens (tertiary/aromatic N) is 3. The highest BCUT2D eigenvalue weighted by Crippen LogP contribution is 2.23. The molecular formula is C18H19N3O2. The van der Waals surface area contributed by atoms with Crippen LogP contribution in [0.5, 0.6) is 0 Å². The molecule has 1 aliphatic heterocycles. The fourth-order valence-corrected chi connectivity index (χ4v) is 2.84. The van der Waals surface area contributed by atoms with Crippen molar-refractivity contribution in [2.24, 2.45) is 0 Å². The van der Waals surface area contributed by atoms with Crippen LogP contribution in [0.1, 0.15) is 27.2 Å². The Labute approximate surface area is 135 Å². The van der Waals surface area contributed by atoms with Crippen molar-refractivity contribution < 1.29 is 9.53 Å². The number of nitriles is 1. The lowest BCUT2D eigenvalue weighted by Crippen LogP contribution is -2.41. The Kier molecular flexibility index (Phi) is 4.18. The van der Waals surface area contributed by atoms with E-state index in [1.54, 1.807) is 17.2 Å². The Morgan fingerprint density at radius 2 is 1.96 bits per heavy atom. The lowest BCUT2D eigenvalue weighted by atomic mass is 10.1. The maximum Gasteiger partial charge on any atom is 0.272 e. The molecule has 1 aliphatic rings. The second kappa shape index (κ2) is 6.27. The Morgan fingerprint density at radius 3 is 2.65 bits per heavy atom. The number of aryl methyl sites for hydroxylation is 2. The van der Waals surface area contributed by atoms with Crippen molar-refractivity contribution in [1.29, 1.82) is 5.26 Å². The molecule has 0 bridgehead atoms. The predicted molar refractivity (Wildman–Crippen MR) is 86.7 cm³/mol. The van der Waals surface area contributed by atoms with Crippen LogP contribution in [0, 0.1) is 25.2 Å². The van der Waals surface area contributed by atoms with E-state index in [1.165, 1.54) is 0 Å². The molecular weight excluding hydrogens is 290 g/mol. The molecule has 1 fully saturated rings. The van der Waals surface area contributed by atoms with E-state index in [0.717, 1.165) is 16.8 Å². The van der Waals surface area contributed by atoms with Crippen LogP contribution >= 0.6 is 0 Å². The van der Waals surface area contributed by atoms with Gasteiger partial charge in [-0.25, -0.2) is 0 Å². The van der Waals surface area contributed by atoms with Crippen molar-refractivity contribution in [3.63, 3.8) is 0 Å². The molecule has 2 aromatic rings. The quantitative estimate of drug-likeness (QED) is 0.856. The van der Waals surface area contributed by atoms with Crippen LogP contribution < -0.4 is 0 Å². The summed E-state index contributed by atoms with van der Waals surface area (Å²) >= 11 is 0. The molecule has 118 valence electrons. The van der Waals surface area contributed by atoms with Crippen LogP contribution in [0.2, 0.25) is 0 Å². The van der Waals surface area contributed by atoms with Crippen LogP contribution in [0.4, 0.5) is 0 Å². The number of benzene rings is 1. The van der Waals surface area contributed by atoms with E-state index in [4.69, 9.17) is 4.74 Å². The van der Waals surface area contributed by atoms with Crippen molar-refractivity contribution in [2.75, 3.05) is 26.3 Å². The zero-order valence-electron chi connectivity index (χ0n) is 13.4. The second-order valence-corrected chi connectivity index (χ2v) is 5.75. The number of carbonyl (C=O) groups is 1. The molecule has 0 unspecified atom stereocenters. The maximum absolute atomic E-state index is 12.9. The first-order valence-corrected chi connectivity index (χ1v) is 7.68. The number of morpholine rings is 1. The molecule has 1 aromatic heterocycles. The number of rotatable bonds is 2. The van der Waals surface area contributed by atoms with Crippen LogP contribution in [-0.2, 0) is 4.74 Å². The smallest absolute Gasteiger partial charge is 0.272 e. The molecule has 2 heterocycles. The van der Waals surface area contributed by atoms with Gasteiger partial charge in [-0.2, -0.15) is 5.26 Å². The molecule has 23 heavy (non-hydrogen) atoms. The number of amides is 1. The first-order chi connectivity index (χ1) is 11.1. The van der Waals surface area contributed by atoms with Gasteiger partial charge in [0.1, 0.15) is 11.8 Å². The zero-order valence-corrected chi connectivity index (χ0v) is 13.4. The number of hydrogen-bond acceptors (Lipinski definition) is 3. The normalized spacial score (nSPS) is 14.6. The number of aromatic nitrogens is 1. The van der Waals surface area contributed by atoms with Crippen molar-refractivity contribution in [1.82, 2.24) is 9.47 Å². The van der Waals surface area contributed by atoms with E-state index in [2.05, 4.69) is 6.07 Å². The summed E-state index contributed by atoms with van der Waals surface area (Å²) in [5.74, 6) is -0.115. The summed E-state index contributed by atoms with van der Waals surface area (Å²) in [6, 6.07) is 9.94. The van der Waals surface area contributed by atoms with Gasteiger partial charge in [0, 0.05) is 25.0 Å². The summed E-state index contributed by atoms with van der Waals surface area (Å²) in [4.78, 5) is 14.7. The molecule has 1 amide bonds. The number of ether oxygens (including phenoxy) is 1. The van der Waals surface area contributed by atoms with E-state index in [1.807, 2.05) is 36.6 Å². The fraction of sp³-hybridized carbons (Fsp3) is 0.333. The molecule has 0 atom stereocenters. The van der Waals surface area contributed by atoms with Crippen LogP contribution in [0.15, 0.2) is 30.5 Å². The minimum absolute atomic E-state index is 0.115. The average molecular weight is 309 g/mol. The van der Waals surface area contributed by atoms with Crippen LogP contribution in [0.25, 0.3) is 5.69 Å². The summed E-state index contributed by atoms with van der Waals surface area (Å²) in [6.07, 6.45) is 1.80. The minimum atomic E-state index is -0.115. The van der Waals surface area contributed by atoms with Gasteiger partial charge in [-0.15, -0.1) is 0 Å². The topological polar surface area (TPSA) is 58.3 Å². The van der Waals surface area contributed by atoms with E-state index in [9.17, 15) is 10.1 Å². The largest absolute Gasteiger partial charge is 0.378 e. The summed E-state index contributed by atoms with van der Waals surface area (Å²) in [6.45, 7) is 6.21. The molecule has 1 saturated heterocycles. The first-order valence-electron chi connectivity index (χ1n) is 7.68. The summed E-state index contributed by atoms with van der Waals surface area (Å²) in [7, 11) is 0. The van der Waals surface area contributed by atoms with Crippen molar-refractivity contribution in [3.8, 4) is 11.8 Å². The lowest BCUT2D eigenvalue weighted by molar-refractivity contribution is 0.0297. The Hall–Kier alpha value is -2.58. The van der Waals surface area contributed by atoms with E-state index < -0.39 is 0 Å². The molecule has 0 aliphatic carbocycles. The Bertz CT molecular complexity index is 780. The SMILES string of the molecule is Cc1ccc(C)c(-n2ccc(C#N)c2C(=O)N2CCOCC2)c1. The fourth-order valence-electron chi connectivity index (χ4n) is 2.84. The lowest BCUT2D eigenvalue weighted by Gasteiger charge is -2.27. The van der Waals surface area contributed by atoms with Gasteiger partial charge in [0.05, 0.1) is 18.8 Å². The Balaban J connectivity index is 2.09. The van der Waals surface area contributed by atoms with Crippen LogP contribution in [-0.4, -0.2) is 41.7 Å². The van der Waals surface area contributed by atoms with Gasteiger partial charge >= 0.3 is 0 Å². The summed E-state index contributed by atoms with van der Waals surface area (Å²) in [5.41, 5.74) is 3.95. The van der Waals surface area contributed by atoms with Crippen molar-refractivity contribution in [3.05, 3.63) is 52.8 Å². The molecule has 5 heteroatoms. The van der Waals surface area contributed by atoms with Gasteiger partial charge in [-0.05, 0) is 37.1 Å². The van der Waals surface area contributed by atoms with Gasteiger partial charge in [0.2, 0.25) is 0 Å². The minimum Gasteiger partial charge on any atom is -0.378 e. The summed E-state index contributed by atoms with van der Waals surface area (Å²) in [5, 5.41) is 9.39. The van der Waals surface area contributed by atoms with Gasteiger partial charge in [0.25, 0.3) is 5.91 Å². The highest BCUT2D eigenvalue weighted by atomic mass is 16.5. The molecule has 5 nitrogen and oxygen atoms in total. The van der Waals surface area contributed by atoms with Gasteiger partial charge in [-0.3, -0.25) is 4.79 Å². The highest BCUT2D eigenvalue weighted by Gasteiger charge is 2.25. The van der Waals surface area contributed by atoms with Crippen molar-refractivity contribution >= 4 is 5.91 Å². The third kappa shape index (κ3) is 2.86. The number of carbonyl (C=O) groups excluding carboxylic acids is 1. The molecule has 0 saturated carbocycles. The predicted octanol–water partition coefficient (Wildman–Crippen LogP) is 2.44. The molecule has 0 spiro atoms. The zero-order chi connectivity index (χ0) is 16.4. The first kappa shape index (κ1) is 15.3. The third-order valence-electron chi connectivity index (χ3n) is 4.13. The third-order valence-corrected chi connectivity index (χ3v) is 4.13. The highest BCUT2D eigenvalue weighted by molar-refractivity contribution is 5.96. The van der Waals surface area contributed by atoms with Gasteiger partial charge in [-0.1, -0.05) is 12.1 Å². The maximum atomic E-state index is 12.9. The Morgan fingerprint density at radius 1 is 1.22 bits per heavy atom. The monoisotopic (exact) mass is 309 g/mol. The standard InChI is InChI=1S/C18H19N3O2/c1-13-3-4-14(2)16(11-13)21-6-5-15(12-19)17(21)18(22)20-7-9-23-10-8-20/h3-6,11H,7-10H2,1-2H3. The molecule has 1 aromatic carbocycles. The van der Waals surface area contributed by atoms with Gasteiger partial charge < -0.3 is 14.2 Å². The van der Waals surface area contributed by atoms with Gasteiger partial charge in [0.15, 0.2) is 0 Å².